The van der Waals surface area contributed by atoms with Crippen molar-refractivity contribution >= 4 is 17.3 Å². The van der Waals surface area contributed by atoms with Crippen molar-refractivity contribution in [3.05, 3.63) is 52.6 Å². The van der Waals surface area contributed by atoms with E-state index in [9.17, 15) is 14.9 Å². The van der Waals surface area contributed by atoms with Crippen LogP contribution in [0.4, 0.5) is 11.4 Å². The van der Waals surface area contributed by atoms with Crippen molar-refractivity contribution in [1.82, 2.24) is 9.55 Å². The first-order chi connectivity index (χ1) is 9.97. The molecule has 2 aromatic rings. The van der Waals surface area contributed by atoms with E-state index in [1.54, 1.807) is 18.7 Å². The number of nitrogens with zero attached hydrogens (tertiary/aromatic N) is 3. The molecule has 8 nitrogen and oxygen atoms in total. The molecule has 0 radical (unpaired) electrons. The first-order valence-corrected chi connectivity index (χ1v) is 6.21. The number of carbonyl (C=O) groups is 1. The van der Waals surface area contributed by atoms with Gasteiger partial charge in [0, 0.05) is 37.1 Å². The predicted octanol–water partition coefficient (Wildman–Crippen LogP) is 1.99. The number of aromatic nitrogens is 2. The first-order valence-electron chi connectivity index (χ1n) is 6.21. The number of non-ortho nitro benzene ring substituents is 1. The first kappa shape index (κ1) is 14.5. The lowest BCUT2D eigenvalue weighted by Crippen LogP contribution is -2.22. The highest BCUT2D eigenvalue weighted by molar-refractivity contribution is 5.94. The molecule has 0 aliphatic heterocycles. The Labute approximate surface area is 120 Å². The molecule has 1 aromatic carbocycles. The minimum Gasteiger partial charge on any atom is -0.478 e. The van der Waals surface area contributed by atoms with Gasteiger partial charge in [-0.3, -0.25) is 10.1 Å². The highest BCUT2D eigenvalue weighted by Gasteiger charge is 2.16. The van der Waals surface area contributed by atoms with Crippen LogP contribution in [0, 0.1) is 10.1 Å². The second-order valence-electron chi connectivity index (χ2n) is 4.60. The fourth-order valence-electron chi connectivity index (χ4n) is 1.97. The highest BCUT2D eigenvalue weighted by Crippen LogP contribution is 2.23. The Morgan fingerprint density at radius 3 is 2.90 bits per heavy atom. The molecule has 2 N–H and O–H groups in total. The summed E-state index contributed by atoms with van der Waals surface area (Å²) in [6.45, 7) is 2.41. The molecule has 0 bridgehead atoms. The van der Waals surface area contributed by atoms with E-state index in [0.29, 0.717) is 6.54 Å². The van der Waals surface area contributed by atoms with Crippen LogP contribution < -0.4 is 5.32 Å². The van der Waals surface area contributed by atoms with Crippen molar-refractivity contribution in [2.24, 2.45) is 0 Å². The average molecular weight is 290 g/mol. The predicted molar refractivity (Wildman–Crippen MR) is 75.4 cm³/mol. The van der Waals surface area contributed by atoms with Crippen LogP contribution in [0.1, 0.15) is 17.3 Å². The molecule has 0 saturated carbocycles. The fourth-order valence-corrected chi connectivity index (χ4v) is 1.97. The lowest BCUT2D eigenvalue weighted by molar-refractivity contribution is -0.384. The Morgan fingerprint density at radius 1 is 1.57 bits per heavy atom. The van der Waals surface area contributed by atoms with Crippen molar-refractivity contribution in [1.29, 1.82) is 0 Å². The minimum atomic E-state index is -1.14. The summed E-state index contributed by atoms with van der Waals surface area (Å²) < 4.78 is 1.83. The van der Waals surface area contributed by atoms with E-state index in [1.807, 2.05) is 11.5 Å². The largest absolute Gasteiger partial charge is 0.478 e. The molecule has 21 heavy (non-hydrogen) atoms. The Bertz CT molecular complexity index is 654. The quantitative estimate of drug-likeness (QED) is 0.621. The number of hydrogen-bond donors (Lipinski definition) is 2. The van der Waals surface area contributed by atoms with Gasteiger partial charge < -0.3 is 15.0 Å². The number of nitrogens with one attached hydrogen (secondary N) is 1. The van der Waals surface area contributed by atoms with E-state index in [2.05, 4.69) is 10.3 Å². The third-order valence-corrected chi connectivity index (χ3v) is 2.89. The van der Waals surface area contributed by atoms with Gasteiger partial charge in [0.2, 0.25) is 0 Å². The van der Waals surface area contributed by atoms with Crippen LogP contribution in [0.15, 0.2) is 36.9 Å². The maximum absolute atomic E-state index is 11.2. The molecule has 0 fully saturated rings. The smallest absolute Gasteiger partial charge is 0.337 e. The topological polar surface area (TPSA) is 110 Å². The number of carboxylic acids is 1. The Kier molecular flexibility index (Phi) is 4.17. The monoisotopic (exact) mass is 290 g/mol. The van der Waals surface area contributed by atoms with E-state index in [0.717, 1.165) is 0 Å². The van der Waals surface area contributed by atoms with Crippen LogP contribution in [0.25, 0.3) is 0 Å². The van der Waals surface area contributed by atoms with Crippen LogP contribution in [0.5, 0.6) is 0 Å². The van der Waals surface area contributed by atoms with Crippen molar-refractivity contribution in [3.63, 3.8) is 0 Å². The molecule has 110 valence electrons. The van der Waals surface area contributed by atoms with Crippen LogP contribution in [0.2, 0.25) is 0 Å². The zero-order valence-electron chi connectivity index (χ0n) is 11.3. The average Bonchev–Trinajstić information content (AvgIpc) is 2.90. The highest BCUT2D eigenvalue weighted by atomic mass is 16.6. The van der Waals surface area contributed by atoms with Crippen molar-refractivity contribution in [2.45, 2.75) is 19.5 Å². The number of rotatable bonds is 6. The molecule has 1 heterocycles. The van der Waals surface area contributed by atoms with E-state index in [-0.39, 0.29) is 23.0 Å². The summed E-state index contributed by atoms with van der Waals surface area (Å²) in [5, 5.41) is 22.9. The van der Waals surface area contributed by atoms with Gasteiger partial charge in [-0.05, 0) is 13.0 Å². The zero-order valence-corrected chi connectivity index (χ0v) is 11.3. The summed E-state index contributed by atoms with van der Waals surface area (Å²) >= 11 is 0. The van der Waals surface area contributed by atoms with Gasteiger partial charge in [-0.15, -0.1) is 0 Å². The minimum absolute atomic E-state index is 0.00178. The number of aromatic carboxylic acids is 1. The summed E-state index contributed by atoms with van der Waals surface area (Å²) in [5.41, 5.74) is 0.0692. The van der Waals surface area contributed by atoms with Gasteiger partial charge in [0.25, 0.3) is 5.69 Å². The molecular weight excluding hydrogens is 276 g/mol. The number of carboxylic acid groups (broad SMARTS) is 1. The summed E-state index contributed by atoms with van der Waals surface area (Å²) in [4.78, 5) is 25.3. The Hall–Kier alpha value is -2.90. The fraction of sp³-hybridized carbons (Fsp3) is 0.231. The zero-order chi connectivity index (χ0) is 15.4. The van der Waals surface area contributed by atoms with E-state index in [4.69, 9.17) is 5.11 Å². The van der Waals surface area contributed by atoms with Crippen molar-refractivity contribution in [2.75, 3.05) is 5.32 Å². The number of imidazole rings is 1. The molecule has 0 aliphatic rings. The van der Waals surface area contributed by atoms with Gasteiger partial charge in [-0.1, -0.05) is 0 Å². The lowest BCUT2D eigenvalue weighted by atomic mass is 10.1. The Morgan fingerprint density at radius 2 is 2.33 bits per heavy atom. The molecule has 0 spiro atoms. The number of nitro benzene ring substituents is 1. The summed E-state index contributed by atoms with van der Waals surface area (Å²) in [5.74, 6) is -1.14. The third kappa shape index (κ3) is 3.56. The molecule has 1 atom stereocenters. The molecule has 1 aromatic heterocycles. The maximum Gasteiger partial charge on any atom is 0.337 e. The van der Waals surface area contributed by atoms with E-state index < -0.39 is 10.9 Å². The summed E-state index contributed by atoms with van der Waals surface area (Å²) in [6, 6.07) is 3.51. The second-order valence-corrected chi connectivity index (χ2v) is 4.60. The second kappa shape index (κ2) is 6.04. The summed E-state index contributed by atoms with van der Waals surface area (Å²) in [6.07, 6.45) is 5.07. The molecule has 0 saturated heterocycles. The lowest BCUT2D eigenvalue weighted by Gasteiger charge is -2.17. The maximum atomic E-state index is 11.2. The summed E-state index contributed by atoms with van der Waals surface area (Å²) in [7, 11) is 0. The molecular formula is C13H14N4O4. The van der Waals surface area contributed by atoms with E-state index >= 15 is 0 Å². The van der Waals surface area contributed by atoms with Crippen molar-refractivity contribution < 1.29 is 14.8 Å². The molecule has 0 aliphatic carbocycles. The van der Waals surface area contributed by atoms with Crippen LogP contribution >= 0.6 is 0 Å². The number of hydrogen-bond acceptors (Lipinski definition) is 5. The van der Waals surface area contributed by atoms with E-state index in [1.165, 1.54) is 18.2 Å². The van der Waals surface area contributed by atoms with Crippen LogP contribution in [-0.2, 0) is 6.54 Å². The normalized spacial score (nSPS) is 11.9. The van der Waals surface area contributed by atoms with Gasteiger partial charge >= 0.3 is 5.97 Å². The van der Waals surface area contributed by atoms with Gasteiger partial charge in [-0.25, -0.2) is 9.78 Å². The van der Waals surface area contributed by atoms with Gasteiger partial charge in [0.1, 0.15) is 0 Å². The SMILES string of the molecule is CC(Cn1ccnc1)Nc1cc([N+](=O)[O-])ccc1C(=O)O. The van der Waals surface area contributed by atoms with Crippen molar-refractivity contribution in [3.8, 4) is 0 Å². The Balaban J connectivity index is 2.21. The van der Waals surface area contributed by atoms with Crippen LogP contribution in [0.3, 0.4) is 0 Å². The molecule has 8 heteroatoms. The third-order valence-electron chi connectivity index (χ3n) is 2.89. The molecule has 1 unspecified atom stereocenters. The van der Waals surface area contributed by atoms with Crippen LogP contribution in [-0.4, -0.2) is 31.6 Å². The van der Waals surface area contributed by atoms with Gasteiger partial charge in [0.05, 0.1) is 22.5 Å². The van der Waals surface area contributed by atoms with Gasteiger partial charge in [-0.2, -0.15) is 0 Å². The number of benzene rings is 1. The van der Waals surface area contributed by atoms with Gasteiger partial charge in [0.15, 0.2) is 0 Å². The molecule has 2 rings (SSSR count). The molecule has 0 amide bonds. The number of anilines is 1. The number of nitro groups is 1. The standard InChI is InChI=1S/C13H14N4O4/c1-9(7-16-5-4-14-8-16)15-12-6-10(17(20)21)2-3-11(12)13(18)19/h2-6,8-9,15H,7H2,1H3,(H,18,19).